The molecule has 0 saturated heterocycles. The van der Waals surface area contributed by atoms with Gasteiger partial charge in [0.25, 0.3) is 6.01 Å². The molecule has 0 amide bonds. The molecule has 0 radical (unpaired) electrons. The molecule has 5 heteroatoms. The fourth-order valence-electron chi connectivity index (χ4n) is 1.97. The Bertz CT molecular complexity index is 662. The van der Waals surface area contributed by atoms with Gasteiger partial charge in [0.15, 0.2) is 0 Å². The molecule has 0 aliphatic carbocycles. The lowest BCUT2D eigenvalue weighted by atomic mass is 10.1. The summed E-state index contributed by atoms with van der Waals surface area (Å²) in [6, 6.07) is 4.00. The van der Waals surface area contributed by atoms with Crippen LogP contribution in [0.5, 0.6) is 5.75 Å². The molecule has 1 N–H and O–H groups in total. The third-order valence-electron chi connectivity index (χ3n) is 2.79. The van der Waals surface area contributed by atoms with E-state index in [0.717, 1.165) is 17.7 Å². The van der Waals surface area contributed by atoms with Crippen LogP contribution >= 0.6 is 0 Å². The van der Waals surface area contributed by atoms with E-state index in [1.54, 1.807) is 6.07 Å². The molecule has 0 fully saturated rings. The number of fused-ring (bicyclic) bond motifs is 1. The van der Waals surface area contributed by atoms with Crippen LogP contribution in [0.15, 0.2) is 21.3 Å². The number of nitrogens with one attached hydrogen (secondary N) is 1. The second kappa shape index (κ2) is 5.94. The van der Waals surface area contributed by atoms with E-state index in [2.05, 4.69) is 10.3 Å². The Balaban J connectivity index is 2.52. The fraction of sp³-hybridized carbons (Fsp3) is 0.467. The van der Waals surface area contributed by atoms with Gasteiger partial charge in [0.05, 0.1) is 17.5 Å². The molecule has 1 aromatic heterocycles. The van der Waals surface area contributed by atoms with Crippen LogP contribution in [0.2, 0.25) is 0 Å². The number of nitrogens with zero attached hydrogens (tertiary/aromatic N) is 1. The summed E-state index contributed by atoms with van der Waals surface area (Å²) in [5, 5.41) is 3.50. The predicted octanol–water partition coefficient (Wildman–Crippen LogP) is 3.11. The molecule has 20 heavy (non-hydrogen) atoms. The van der Waals surface area contributed by atoms with E-state index in [1.807, 2.05) is 33.8 Å². The Hall–Kier alpha value is -2.04. The van der Waals surface area contributed by atoms with E-state index in [-0.39, 0.29) is 17.7 Å². The molecule has 0 atom stereocenters. The molecule has 0 bridgehead atoms. The quantitative estimate of drug-likeness (QED) is 0.909. The molecular formula is C15H20N2O3. The number of benzene rings is 1. The first-order valence-electron chi connectivity index (χ1n) is 6.86. The van der Waals surface area contributed by atoms with Crippen LogP contribution in [0, 0.1) is 6.92 Å². The number of hydrogen-bond acceptors (Lipinski definition) is 5. The third-order valence-corrected chi connectivity index (χ3v) is 2.79. The van der Waals surface area contributed by atoms with Gasteiger partial charge in [0, 0.05) is 12.1 Å². The molecule has 0 aliphatic rings. The zero-order valence-corrected chi connectivity index (χ0v) is 12.3. The first-order valence-corrected chi connectivity index (χ1v) is 6.86. The van der Waals surface area contributed by atoms with Crippen molar-refractivity contribution in [1.82, 2.24) is 4.98 Å². The topological polar surface area (TPSA) is 64.4 Å². The van der Waals surface area contributed by atoms with Crippen molar-refractivity contribution in [2.24, 2.45) is 0 Å². The van der Waals surface area contributed by atoms with Gasteiger partial charge >= 0.3 is 5.63 Å². The first-order chi connectivity index (χ1) is 9.51. The highest BCUT2D eigenvalue weighted by molar-refractivity contribution is 5.83. The fourth-order valence-corrected chi connectivity index (χ4v) is 1.97. The second-order valence-electron chi connectivity index (χ2n) is 5.09. The monoisotopic (exact) mass is 276 g/mol. The van der Waals surface area contributed by atoms with Crippen LogP contribution in [0.3, 0.4) is 0 Å². The minimum absolute atomic E-state index is 0.142. The van der Waals surface area contributed by atoms with Crippen LogP contribution in [-0.2, 0) is 0 Å². The summed E-state index contributed by atoms with van der Waals surface area (Å²) in [6.07, 6.45) is 0.932. The van der Waals surface area contributed by atoms with E-state index >= 15 is 0 Å². The Morgan fingerprint density at radius 1 is 1.40 bits per heavy atom. The maximum Gasteiger partial charge on any atom is 0.348 e. The van der Waals surface area contributed by atoms with E-state index in [4.69, 9.17) is 9.15 Å². The maximum atomic E-state index is 12.0. The standard InChI is InChI=1S/C15H20N2O3/c1-5-6-19-11-7-10(4)13-12(8-11)17-15(16-9(2)3)20-14(13)18/h7-9H,5-6H2,1-4H3,(H,16,17). The van der Waals surface area contributed by atoms with Gasteiger partial charge in [-0.3, -0.25) is 0 Å². The summed E-state index contributed by atoms with van der Waals surface area (Å²) in [6.45, 7) is 8.46. The Labute approximate surface area is 118 Å². The average Bonchev–Trinajstić information content (AvgIpc) is 2.34. The average molecular weight is 276 g/mol. The number of hydrogen-bond donors (Lipinski definition) is 1. The largest absolute Gasteiger partial charge is 0.494 e. The number of anilines is 1. The molecule has 0 saturated carbocycles. The molecular weight excluding hydrogens is 256 g/mol. The highest BCUT2D eigenvalue weighted by Crippen LogP contribution is 2.23. The first kappa shape index (κ1) is 14.4. The molecule has 0 spiro atoms. The Morgan fingerprint density at radius 3 is 2.80 bits per heavy atom. The van der Waals surface area contributed by atoms with Crippen molar-refractivity contribution in [3.8, 4) is 5.75 Å². The van der Waals surface area contributed by atoms with Gasteiger partial charge in [0.1, 0.15) is 5.75 Å². The molecule has 2 rings (SSSR count). The smallest absolute Gasteiger partial charge is 0.348 e. The molecule has 108 valence electrons. The molecule has 5 nitrogen and oxygen atoms in total. The minimum Gasteiger partial charge on any atom is -0.494 e. The Morgan fingerprint density at radius 2 is 2.15 bits per heavy atom. The highest BCUT2D eigenvalue weighted by Gasteiger charge is 2.11. The van der Waals surface area contributed by atoms with Gasteiger partial charge in [-0.15, -0.1) is 0 Å². The van der Waals surface area contributed by atoms with Crippen LogP contribution in [0.4, 0.5) is 6.01 Å². The van der Waals surface area contributed by atoms with Crippen molar-refractivity contribution >= 4 is 16.9 Å². The predicted molar refractivity (Wildman–Crippen MR) is 79.6 cm³/mol. The number of rotatable bonds is 5. The van der Waals surface area contributed by atoms with E-state index in [0.29, 0.717) is 17.5 Å². The lowest BCUT2D eigenvalue weighted by Crippen LogP contribution is -2.14. The van der Waals surface area contributed by atoms with E-state index in [9.17, 15) is 4.79 Å². The van der Waals surface area contributed by atoms with E-state index < -0.39 is 0 Å². The van der Waals surface area contributed by atoms with Crippen molar-refractivity contribution < 1.29 is 9.15 Å². The molecule has 2 aromatic rings. The highest BCUT2D eigenvalue weighted by atomic mass is 16.5. The zero-order valence-electron chi connectivity index (χ0n) is 12.3. The number of aryl methyl sites for hydroxylation is 1. The van der Waals surface area contributed by atoms with Gasteiger partial charge in [-0.05, 0) is 38.8 Å². The zero-order chi connectivity index (χ0) is 14.7. The van der Waals surface area contributed by atoms with Crippen LogP contribution in [0.25, 0.3) is 10.9 Å². The molecule has 0 aliphatic heterocycles. The SMILES string of the molecule is CCCOc1cc(C)c2c(=O)oc(NC(C)C)nc2c1. The van der Waals surface area contributed by atoms with Crippen molar-refractivity contribution in [3.05, 3.63) is 28.1 Å². The van der Waals surface area contributed by atoms with Gasteiger partial charge in [0.2, 0.25) is 0 Å². The van der Waals surface area contributed by atoms with Crippen molar-refractivity contribution in [2.45, 2.75) is 40.2 Å². The van der Waals surface area contributed by atoms with Crippen molar-refractivity contribution in [1.29, 1.82) is 0 Å². The Kier molecular flexibility index (Phi) is 4.27. The van der Waals surface area contributed by atoms with Gasteiger partial charge < -0.3 is 14.5 Å². The minimum atomic E-state index is -0.377. The van der Waals surface area contributed by atoms with Crippen molar-refractivity contribution in [2.75, 3.05) is 11.9 Å². The van der Waals surface area contributed by atoms with Crippen LogP contribution in [0.1, 0.15) is 32.8 Å². The summed E-state index contributed by atoms with van der Waals surface area (Å²) in [4.78, 5) is 16.4. The van der Waals surface area contributed by atoms with Gasteiger partial charge in [-0.1, -0.05) is 6.92 Å². The second-order valence-corrected chi connectivity index (χ2v) is 5.09. The summed E-state index contributed by atoms with van der Waals surface area (Å²) < 4.78 is 10.8. The summed E-state index contributed by atoms with van der Waals surface area (Å²) >= 11 is 0. The van der Waals surface area contributed by atoms with E-state index in [1.165, 1.54) is 0 Å². The van der Waals surface area contributed by atoms with Crippen LogP contribution < -0.4 is 15.7 Å². The van der Waals surface area contributed by atoms with Crippen molar-refractivity contribution in [3.63, 3.8) is 0 Å². The maximum absolute atomic E-state index is 12.0. The van der Waals surface area contributed by atoms with Gasteiger partial charge in [-0.25, -0.2) is 4.79 Å². The summed E-state index contributed by atoms with van der Waals surface area (Å²) in [5.74, 6) is 0.727. The number of ether oxygens (including phenoxy) is 1. The normalized spacial score (nSPS) is 11.1. The summed E-state index contributed by atoms with van der Waals surface area (Å²) in [7, 11) is 0. The lowest BCUT2D eigenvalue weighted by molar-refractivity contribution is 0.317. The number of aromatic nitrogens is 1. The molecule has 1 heterocycles. The van der Waals surface area contributed by atoms with Crippen LogP contribution in [-0.4, -0.2) is 17.6 Å². The third kappa shape index (κ3) is 3.10. The molecule has 0 unspecified atom stereocenters. The molecule has 1 aromatic carbocycles. The lowest BCUT2D eigenvalue weighted by Gasteiger charge is -2.10. The summed E-state index contributed by atoms with van der Waals surface area (Å²) in [5.41, 5.74) is 1.03. The van der Waals surface area contributed by atoms with Gasteiger partial charge in [-0.2, -0.15) is 4.98 Å².